The lowest BCUT2D eigenvalue weighted by Crippen LogP contribution is -2.30. The minimum absolute atomic E-state index is 0.205. The van der Waals surface area contributed by atoms with Gasteiger partial charge in [-0.2, -0.15) is 0 Å². The van der Waals surface area contributed by atoms with Gasteiger partial charge in [0, 0.05) is 0 Å². The van der Waals surface area contributed by atoms with Crippen LogP contribution in [0.2, 0.25) is 0 Å². The van der Waals surface area contributed by atoms with Gasteiger partial charge in [-0.25, -0.2) is 9.78 Å². The SMILES string of the molecule is Cc1nc2c(C(=O)O)cc(-c3ccc(-c4ccc(OCC5CCNCC5)cc4)cc3)cc2[nH]1. The lowest BCUT2D eigenvalue weighted by molar-refractivity contribution is 0.0699. The lowest BCUT2D eigenvalue weighted by Gasteiger charge is -2.22. The van der Waals surface area contributed by atoms with Crippen molar-refractivity contribution >= 4 is 17.0 Å². The molecule has 1 aliphatic rings. The normalized spacial score (nSPS) is 14.5. The van der Waals surface area contributed by atoms with Gasteiger partial charge in [0.1, 0.15) is 17.1 Å². The van der Waals surface area contributed by atoms with Crippen molar-refractivity contribution in [1.29, 1.82) is 0 Å². The number of aromatic carboxylic acids is 1. The molecule has 1 aliphatic heterocycles. The molecule has 6 nitrogen and oxygen atoms in total. The van der Waals surface area contributed by atoms with E-state index in [1.54, 1.807) is 6.07 Å². The monoisotopic (exact) mass is 441 g/mol. The second-order valence-corrected chi connectivity index (χ2v) is 8.65. The van der Waals surface area contributed by atoms with Gasteiger partial charge in [-0.3, -0.25) is 0 Å². The fourth-order valence-electron chi connectivity index (χ4n) is 4.43. The summed E-state index contributed by atoms with van der Waals surface area (Å²) in [7, 11) is 0. The van der Waals surface area contributed by atoms with Crippen LogP contribution in [0.15, 0.2) is 60.7 Å². The summed E-state index contributed by atoms with van der Waals surface area (Å²) in [5.41, 5.74) is 5.43. The zero-order valence-corrected chi connectivity index (χ0v) is 18.6. The summed E-state index contributed by atoms with van der Waals surface area (Å²) >= 11 is 0. The Kier molecular flexibility index (Phi) is 5.84. The molecule has 0 unspecified atom stereocenters. The lowest BCUT2D eigenvalue weighted by atomic mass is 9.98. The van der Waals surface area contributed by atoms with Gasteiger partial charge in [-0.1, -0.05) is 36.4 Å². The quantitative estimate of drug-likeness (QED) is 0.379. The van der Waals surface area contributed by atoms with E-state index in [2.05, 4.69) is 39.6 Å². The molecule has 0 bridgehead atoms. The maximum Gasteiger partial charge on any atom is 0.337 e. The van der Waals surface area contributed by atoms with E-state index in [9.17, 15) is 9.90 Å². The van der Waals surface area contributed by atoms with Crippen LogP contribution in [0.4, 0.5) is 0 Å². The average molecular weight is 442 g/mol. The third-order valence-corrected chi connectivity index (χ3v) is 6.29. The number of aryl methyl sites for hydroxylation is 1. The predicted octanol–water partition coefficient (Wildman–Crippen LogP) is 5.28. The molecule has 0 aliphatic carbocycles. The number of carbonyl (C=O) groups is 1. The highest BCUT2D eigenvalue weighted by molar-refractivity contribution is 6.03. The average Bonchev–Trinajstić information content (AvgIpc) is 3.23. The third-order valence-electron chi connectivity index (χ3n) is 6.29. The highest BCUT2D eigenvalue weighted by Gasteiger charge is 2.15. The van der Waals surface area contributed by atoms with Crippen molar-refractivity contribution in [3.63, 3.8) is 0 Å². The molecule has 1 fully saturated rings. The van der Waals surface area contributed by atoms with Crippen molar-refractivity contribution in [3.05, 3.63) is 72.1 Å². The number of piperidine rings is 1. The Bertz CT molecular complexity index is 1270. The smallest absolute Gasteiger partial charge is 0.337 e. The Balaban J connectivity index is 1.33. The maximum absolute atomic E-state index is 11.7. The number of ether oxygens (including phenoxy) is 1. The number of benzene rings is 3. The molecule has 0 atom stereocenters. The van der Waals surface area contributed by atoms with E-state index < -0.39 is 5.97 Å². The molecule has 1 aromatic heterocycles. The van der Waals surface area contributed by atoms with Crippen LogP contribution < -0.4 is 10.1 Å². The first-order valence-corrected chi connectivity index (χ1v) is 11.3. The highest BCUT2D eigenvalue weighted by Crippen LogP contribution is 2.30. The van der Waals surface area contributed by atoms with Gasteiger partial charge in [-0.05, 0) is 85.3 Å². The fourth-order valence-corrected chi connectivity index (χ4v) is 4.43. The molecule has 0 radical (unpaired) electrons. The van der Waals surface area contributed by atoms with Crippen LogP contribution in [0.1, 0.15) is 29.0 Å². The van der Waals surface area contributed by atoms with Crippen molar-refractivity contribution in [1.82, 2.24) is 15.3 Å². The number of hydrogen-bond donors (Lipinski definition) is 3. The molecule has 6 heteroatoms. The number of nitrogens with zero attached hydrogens (tertiary/aromatic N) is 1. The summed E-state index contributed by atoms with van der Waals surface area (Å²) in [6.45, 7) is 4.75. The Morgan fingerprint density at radius 3 is 2.21 bits per heavy atom. The van der Waals surface area contributed by atoms with E-state index in [1.807, 2.05) is 37.3 Å². The van der Waals surface area contributed by atoms with Gasteiger partial charge in [-0.15, -0.1) is 0 Å². The summed E-state index contributed by atoms with van der Waals surface area (Å²) in [6, 6.07) is 20.0. The van der Waals surface area contributed by atoms with Crippen molar-refractivity contribution in [3.8, 4) is 28.0 Å². The summed E-state index contributed by atoms with van der Waals surface area (Å²) < 4.78 is 6.00. The molecule has 3 N–H and O–H groups in total. The van der Waals surface area contributed by atoms with Crippen molar-refractivity contribution in [2.24, 2.45) is 5.92 Å². The number of imidazole rings is 1. The molecule has 0 spiro atoms. The topological polar surface area (TPSA) is 87.2 Å². The second-order valence-electron chi connectivity index (χ2n) is 8.65. The number of nitrogens with one attached hydrogen (secondary N) is 2. The van der Waals surface area contributed by atoms with Crippen molar-refractivity contribution in [2.45, 2.75) is 19.8 Å². The zero-order chi connectivity index (χ0) is 22.8. The number of fused-ring (bicyclic) bond motifs is 1. The summed E-state index contributed by atoms with van der Waals surface area (Å²) in [4.78, 5) is 19.2. The molecule has 0 amide bonds. The molecule has 0 saturated carbocycles. The largest absolute Gasteiger partial charge is 0.493 e. The minimum Gasteiger partial charge on any atom is -0.493 e. The molecule has 1 saturated heterocycles. The standard InChI is InChI=1S/C27H27N3O3/c1-17-29-25-15-22(14-24(27(31)32)26(25)30-17)21-4-2-19(3-5-21)20-6-8-23(9-7-20)33-16-18-10-12-28-13-11-18/h2-9,14-15,18,28H,10-13,16H2,1H3,(H,29,30)(H,31,32). The van der Waals surface area contributed by atoms with E-state index in [0.717, 1.165) is 53.2 Å². The van der Waals surface area contributed by atoms with E-state index in [-0.39, 0.29) is 5.56 Å². The van der Waals surface area contributed by atoms with Gasteiger partial charge in [0.05, 0.1) is 17.7 Å². The number of hydrogen-bond acceptors (Lipinski definition) is 4. The van der Waals surface area contributed by atoms with Crippen LogP contribution >= 0.6 is 0 Å². The molecule has 5 rings (SSSR count). The number of H-pyrrole nitrogens is 1. The zero-order valence-electron chi connectivity index (χ0n) is 18.6. The Morgan fingerprint density at radius 1 is 0.970 bits per heavy atom. The number of carboxylic acids is 1. The van der Waals surface area contributed by atoms with Crippen molar-refractivity contribution < 1.29 is 14.6 Å². The maximum atomic E-state index is 11.7. The van der Waals surface area contributed by atoms with Crippen LogP contribution in [0, 0.1) is 12.8 Å². The fraction of sp³-hybridized carbons (Fsp3) is 0.259. The van der Waals surface area contributed by atoms with Crippen LogP contribution in [0.5, 0.6) is 5.75 Å². The summed E-state index contributed by atoms with van der Waals surface area (Å²) in [6.07, 6.45) is 2.34. The van der Waals surface area contributed by atoms with Gasteiger partial charge in [0.15, 0.2) is 0 Å². The Labute approximate surface area is 192 Å². The van der Waals surface area contributed by atoms with Crippen LogP contribution in [0.3, 0.4) is 0 Å². The highest BCUT2D eigenvalue weighted by atomic mass is 16.5. The van der Waals surface area contributed by atoms with E-state index in [0.29, 0.717) is 17.3 Å². The van der Waals surface area contributed by atoms with Gasteiger partial charge < -0.3 is 20.1 Å². The first kappa shape index (κ1) is 21.2. The number of rotatable bonds is 6. The molecule has 33 heavy (non-hydrogen) atoms. The van der Waals surface area contributed by atoms with Gasteiger partial charge in [0.2, 0.25) is 0 Å². The van der Waals surface area contributed by atoms with Crippen LogP contribution in [0.25, 0.3) is 33.3 Å². The third kappa shape index (κ3) is 4.61. The van der Waals surface area contributed by atoms with Gasteiger partial charge in [0.25, 0.3) is 0 Å². The Hall–Kier alpha value is -3.64. The first-order valence-electron chi connectivity index (χ1n) is 11.3. The number of aromatic nitrogens is 2. The first-order chi connectivity index (χ1) is 16.1. The Morgan fingerprint density at radius 2 is 1.58 bits per heavy atom. The van der Waals surface area contributed by atoms with E-state index >= 15 is 0 Å². The van der Waals surface area contributed by atoms with E-state index in [4.69, 9.17) is 4.74 Å². The predicted molar refractivity (Wildman–Crippen MR) is 130 cm³/mol. The molecular formula is C27H27N3O3. The molecule has 2 heterocycles. The van der Waals surface area contributed by atoms with Crippen LogP contribution in [-0.4, -0.2) is 40.7 Å². The summed E-state index contributed by atoms with van der Waals surface area (Å²) in [5, 5.41) is 13.0. The molecular weight excluding hydrogens is 414 g/mol. The summed E-state index contributed by atoms with van der Waals surface area (Å²) in [5.74, 6) is 1.25. The van der Waals surface area contributed by atoms with Gasteiger partial charge >= 0.3 is 5.97 Å². The number of carboxylic acid groups (broad SMARTS) is 1. The number of aromatic amines is 1. The van der Waals surface area contributed by atoms with Crippen molar-refractivity contribution in [2.75, 3.05) is 19.7 Å². The van der Waals surface area contributed by atoms with E-state index in [1.165, 1.54) is 12.8 Å². The minimum atomic E-state index is -0.979. The second kappa shape index (κ2) is 9.08. The van der Waals surface area contributed by atoms with Crippen LogP contribution in [-0.2, 0) is 0 Å². The molecule has 3 aromatic carbocycles. The molecule has 4 aromatic rings. The molecule has 168 valence electrons.